The van der Waals surface area contributed by atoms with Crippen LogP contribution in [0.2, 0.25) is 0 Å². The summed E-state index contributed by atoms with van der Waals surface area (Å²) < 4.78 is 0. The minimum atomic E-state index is -0.763. The Kier molecular flexibility index (Phi) is 5.12. The van der Waals surface area contributed by atoms with Gasteiger partial charge in [-0.25, -0.2) is 0 Å². The number of carbonyl (C=O) groups is 3. The van der Waals surface area contributed by atoms with E-state index < -0.39 is 27.2 Å². The summed E-state index contributed by atoms with van der Waals surface area (Å²) in [5, 5.41) is 11.9. The molecule has 0 aromatic heterocycles. The zero-order chi connectivity index (χ0) is 17.0. The van der Waals surface area contributed by atoms with Crippen LogP contribution in [0.4, 0.5) is 16.2 Å². The molecule has 0 radical (unpaired) electrons. The fourth-order valence-corrected chi connectivity index (χ4v) is 2.97. The summed E-state index contributed by atoms with van der Waals surface area (Å²) in [6.07, 6.45) is 1.29. The second kappa shape index (κ2) is 7.05. The number of amides is 3. The number of hydrogen-bond acceptors (Lipinski definition) is 6. The van der Waals surface area contributed by atoms with Gasteiger partial charge in [-0.15, -0.1) is 6.58 Å². The van der Waals surface area contributed by atoms with Crippen LogP contribution in [0, 0.1) is 10.1 Å². The van der Waals surface area contributed by atoms with E-state index in [1.165, 1.54) is 30.3 Å². The Labute approximate surface area is 135 Å². The number of nitrogens with one attached hydrogen (secondary N) is 1. The molecule has 1 aromatic rings. The standard InChI is InChI=1S/C14H13N3O5S/c1-2-7-16-13(19)11(23-14(16)20)8-12(18)15-9-3-5-10(6-4-9)17(21)22/h2-6,11H,1,7-8H2,(H,15,18)/t11-/m0/s1. The van der Waals surface area contributed by atoms with Crippen LogP contribution in [0.15, 0.2) is 36.9 Å². The normalized spacial score (nSPS) is 17.2. The van der Waals surface area contributed by atoms with E-state index in [-0.39, 0.29) is 18.7 Å². The Bertz CT molecular complexity index is 673. The molecule has 0 spiro atoms. The van der Waals surface area contributed by atoms with Crippen molar-refractivity contribution < 1.29 is 19.3 Å². The van der Waals surface area contributed by atoms with Gasteiger partial charge in [-0.05, 0) is 12.1 Å². The van der Waals surface area contributed by atoms with Crippen LogP contribution < -0.4 is 5.32 Å². The topological polar surface area (TPSA) is 110 Å². The summed E-state index contributed by atoms with van der Waals surface area (Å²) in [5.74, 6) is -0.864. The van der Waals surface area contributed by atoms with Gasteiger partial charge >= 0.3 is 0 Å². The summed E-state index contributed by atoms with van der Waals surface area (Å²) in [7, 11) is 0. The monoisotopic (exact) mass is 335 g/mol. The van der Waals surface area contributed by atoms with Gasteiger partial charge in [0.1, 0.15) is 5.25 Å². The van der Waals surface area contributed by atoms with Crippen molar-refractivity contribution in [3.05, 3.63) is 47.0 Å². The molecule has 120 valence electrons. The smallest absolute Gasteiger partial charge is 0.289 e. The third-order valence-corrected chi connectivity index (χ3v) is 4.12. The third kappa shape index (κ3) is 3.95. The summed E-state index contributed by atoms with van der Waals surface area (Å²) >= 11 is 0.806. The Morgan fingerprint density at radius 2 is 2.04 bits per heavy atom. The number of nitrogens with zero attached hydrogens (tertiary/aromatic N) is 2. The van der Waals surface area contributed by atoms with E-state index in [1.54, 1.807) is 0 Å². The highest BCUT2D eigenvalue weighted by atomic mass is 32.2. The Balaban J connectivity index is 1.94. The fourth-order valence-electron chi connectivity index (χ4n) is 1.97. The van der Waals surface area contributed by atoms with E-state index in [4.69, 9.17) is 0 Å². The predicted octanol–water partition coefficient (Wildman–Crippen LogP) is 2.17. The van der Waals surface area contributed by atoms with Crippen LogP contribution in [0.5, 0.6) is 0 Å². The Morgan fingerprint density at radius 3 is 2.61 bits per heavy atom. The number of nitro groups is 1. The molecule has 1 aliphatic heterocycles. The van der Waals surface area contributed by atoms with Crippen molar-refractivity contribution in [2.24, 2.45) is 0 Å². The zero-order valence-corrected chi connectivity index (χ0v) is 12.7. The van der Waals surface area contributed by atoms with Crippen LogP contribution in [-0.2, 0) is 9.59 Å². The molecule has 1 aromatic carbocycles. The van der Waals surface area contributed by atoms with E-state index in [2.05, 4.69) is 11.9 Å². The van der Waals surface area contributed by atoms with Crippen molar-refractivity contribution in [1.82, 2.24) is 4.90 Å². The van der Waals surface area contributed by atoms with Gasteiger partial charge in [0.05, 0.1) is 4.92 Å². The first kappa shape index (κ1) is 16.7. The van der Waals surface area contributed by atoms with Crippen LogP contribution >= 0.6 is 11.8 Å². The van der Waals surface area contributed by atoms with Gasteiger partial charge in [-0.3, -0.25) is 29.4 Å². The van der Waals surface area contributed by atoms with Crippen LogP contribution in [-0.4, -0.2) is 38.7 Å². The predicted molar refractivity (Wildman–Crippen MR) is 85.0 cm³/mol. The summed E-state index contributed by atoms with van der Waals surface area (Å²) in [5.41, 5.74) is 0.292. The third-order valence-electron chi connectivity index (χ3n) is 3.05. The maximum absolute atomic E-state index is 12.0. The lowest BCUT2D eigenvalue weighted by atomic mass is 10.2. The molecule has 9 heteroatoms. The Morgan fingerprint density at radius 1 is 1.39 bits per heavy atom. The van der Waals surface area contributed by atoms with Gasteiger partial charge in [0, 0.05) is 30.8 Å². The molecule has 1 N–H and O–H groups in total. The molecule has 1 saturated heterocycles. The number of benzene rings is 1. The second-order valence-electron chi connectivity index (χ2n) is 4.67. The van der Waals surface area contributed by atoms with Gasteiger partial charge in [0.15, 0.2) is 0 Å². The van der Waals surface area contributed by atoms with Crippen LogP contribution in [0.25, 0.3) is 0 Å². The van der Waals surface area contributed by atoms with Crippen molar-refractivity contribution in [2.75, 3.05) is 11.9 Å². The highest BCUT2D eigenvalue weighted by Gasteiger charge is 2.39. The Hall–Kier alpha value is -2.68. The van der Waals surface area contributed by atoms with E-state index >= 15 is 0 Å². The molecule has 0 aliphatic carbocycles. The number of rotatable bonds is 6. The fraction of sp³-hybridized carbons (Fsp3) is 0.214. The molecule has 0 unspecified atom stereocenters. The van der Waals surface area contributed by atoms with Gasteiger partial charge in [0.2, 0.25) is 11.8 Å². The van der Waals surface area contributed by atoms with Crippen molar-refractivity contribution in [1.29, 1.82) is 0 Å². The first-order valence-corrected chi connectivity index (χ1v) is 7.47. The highest BCUT2D eigenvalue weighted by molar-refractivity contribution is 8.15. The maximum atomic E-state index is 12.0. The molecule has 1 atom stereocenters. The largest absolute Gasteiger partial charge is 0.326 e. The highest BCUT2D eigenvalue weighted by Crippen LogP contribution is 2.29. The molecule has 1 aliphatic rings. The van der Waals surface area contributed by atoms with Crippen molar-refractivity contribution in [2.45, 2.75) is 11.7 Å². The lowest BCUT2D eigenvalue weighted by Crippen LogP contribution is -2.33. The summed E-state index contributed by atoms with van der Waals surface area (Å²) in [6.45, 7) is 3.59. The second-order valence-corrected chi connectivity index (χ2v) is 5.82. The molecular formula is C14H13N3O5S. The number of carbonyl (C=O) groups excluding carboxylic acids is 3. The molecule has 0 bridgehead atoms. The molecule has 1 fully saturated rings. The van der Waals surface area contributed by atoms with Crippen molar-refractivity contribution in [3.63, 3.8) is 0 Å². The minimum absolute atomic E-state index is 0.0878. The van der Waals surface area contributed by atoms with Crippen molar-refractivity contribution in [3.8, 4) is 0 Å². The van der Waals surface area contributed by atoms with Gasteiger partial charge in [-0.2, -0.15) is 0 Å². The molecule has 8 nitrogen and oxygen atoms in total. The van der Waals surface area contributed by atoms with E-state index in [9.17, 15) is 24.5 Å². The van der Waals surface area contributed by atoms with Gasteiger partial charge in [-0.1, -0.05) is 17.8 Å². The molecule has 3 amide bonds. The molecule has 0 saturated carbocycles. The maximum Gasteiger partial charge on any atom is 0.289 e. The number of anilines is 1. The first-order valence-electron chi connectivity index (χ1n) is 6.59. The van der Waals surface area contributed by atoms with E-state index in [0.717, 1.165) is 16.7 Å². The number of hydrogen-bond donors (Lipinski definition) is 1. The zero-order valence-electron chi connectivity index (χ0n) is 11.9. The molecule has 23 heavy (non-hydrogen) atoms. The lowest BCUT2D eigenvalue weighted by molar-refractivity contribution is -0.384. The quantitative estimate of drug-likeness (QED) is 0.485. The van der Waals surface area contributed by atoms with E-state index in [1.807, 2.05) is 0 Å². The van der Waals surface area contributed by atoms with Crippen LogP contribution in [0.3, 0.4) is 0 Å². The number of imide groups is 1. The van der Waals surface area contributed by atoms with Gasteiger partial charge in [0.25, 0.3) is 10.9 Å². The first-order chi connectivity index (χ1) is 10.9. The average Bonchev–Trinajstić information content (AvgIpc) is 2.75. The van der Waals surface area contributed by atoms with Crippen LogP contribution in [0.1, 0.15) is 6.42 Å². The SMILES string of the molecule is C=CCN1C(=O)S[C@@H](CC(=O)Nc2ccc([N+](=O)[O-])cc2)C1=O. The number of non-ortho nitro benzene ring substituents is 1. The van der Waals surface area contributed by atoms with E-state index in [0.29, 0.717) is 5.69 Å². The van der Waals surface area contributed by atoms with Crippen molar-refractivity contribution >= 4 is 40.2 Å². The minimum Gasteiger partial charge on any atom is -0.326 e. The lowest BCUT2D eigenvalue weighted by Gasteiger charge is -2.11. The molecule has 2 rings (SSSR count). The molecular weight excluding hydrogens is 322 g/mol. The number of nitro benzene ring substituents is 1. The average molecular weight is 335 g/mol. The van der Waals surface area contributed by atoms with Gasteiger partial charge < -0.3 is 5.32 Å². The number of thioether (sulfide) groups is 1. The summed E-state index contributed by atoms with van der Waals surface area (Å²) in [4.78, 5) is 46.6. The summed E-state index contributed by atoms with van der Waals surface area (Å²) in [6, 6.07) is 5.32. The molecule has 1 heterocycles.